The molecule has 3 aliphatic rings. The lowest BCUT2D eigenvalue weighted by atomic mass is 9.55. The molecular formula is C20H28O6. The van der Waals surface area contributed by atoms with Crippen LogP contribution in [0, 0.1) is 17.8 Å². The Morgan fingerprint density at radius 1 is 1.31 bits per heavy atom. The number of aliphatic hydroxyl groups is 5. The van der Waals surface area contributed by atoms with Crippen molar-refractivity contribution in [2.45, 2.75) is 56.5 Å². The van der Waals surface area contributed by atoms with Crippen molar-refractivity contribution in [1.82, 2.24) is 0 Å². The lowest BCUT2D eigenvalue weighted by Gasteiger charge is -2.56. The summed E-state index contributed by atoms with van der Waals surface area (Å²) in [7, 11) is 0. The maximum Gasteiger partial charge on any atom is 0.190 e. The maximum absolute atomic E-state index is 12.7. The van der Waals surface area contributed by atoms with Crippen LogP contribution >= 0.6 is 0 Å². The zero-order valence-corrected chi connectivity index (χ0v) is 15.4. The third kappa shape index (κ3) is 2.26. The Bertz CT molecular complexity index is 724. The van der Waals surface area contributed by atoms with E-state index in [9.17, 15) is 30.3 Å². The van der Waals surface area contributed by atoms with Crippen molar-refractivity contribution in [2.24, 2.45) is 17.8 Å². The third-order valence-corrected chi connectivity index (χ3v) is 6.80. The van der Waals surface area contributed by atoms with Crippen molar-refractivity contribution in [3.05, 3.63) is 35.5 Å². The van der Waals surface area contributed by atoms with E-state index in [2.05, 4.69) is 6.58 Å². The van der Waals surface area contributed by atoms with E-state index in [4.69, 9.17) is 0 Å². The smallest absolute Gasteiger partial charge is 0.190 e. The standard InChI is InChI=1S/C20H28O6/c1-10(2)18(24)7-12(4)20(26)14(17(18)23)6-13(9-21)8-19(25)15(20)5-11(3)16(19)22/h5-6,12,14-15,17,21,23-26H,1,7-9H2,2-4H3/t12-,14+,15-,17-,18-,19-,20-/m0/s1. The number of hydrogen-bond acceptors (Lipinski definition) is 6. The molecule has 5 N–H and O–H groups in total. The highest BCUT2D eigenvalue weighted by Crippen LogP contribution is 2.57. The lowest BCUT2D eigenvalue weighted by molar-refractivity contribution is -0.223. The maximum atomic E-state index is 12.7. The SMILES string of the molecule is C=C(C)[C@@]1(O)C[C@H](C)[C@]2(O)[C@H](C=C(CO)C[C@@]3(O)C(=O)C(C)=C[C@H]23)[C@@H]1O. The Morgan fingerprint density at radius 2 is 1.92 bits per heavy atom. The van der Waals surface area contributed by atoms with Crippen LogP contribution in [0.1, 0.15) is 33.6 Å². The van der Waals surface area contributed by atoms with Crippen LogP contribution in [0.15, 0.2) is 35.5 Å². The van der Waals surface area contributed by atoms with Gasteiger partial charge < -0.3 is 25.5 Å². The third-order valence-electron chi connectivity index (χ3n) is 6.80. The first-order valence-electron chi connectivity index (χ1n) is 8.97. The molecule has 6 nitrogen and oxygen atoms in total. The molecule has 26 heavy (non-hydrogen) atoms. The van der Waals surface area contributed by atoms with Crippen molar-refractivity contribution >= 4 is 5.78 Å². The molecule has 0 bridgehead atoms. The molecule has 0 aliphatic heterocycles. The molecule has 6 heteroatoms. The minimum absolute atomic E-state index is 0.0481. The van der Waals surface area contributed by atoms with Gasteiger partial charge in [-0.1, -0.05) is 25.7 Å². The number of fused-ring (bicyclic) bond motifs is 3. The fraction of sp³-hybridized carbons (Fsp3) is 0.650. The fourth-order valence-corrected chi connectivity index (χ4v) is 5.21. The monoisotopic (exact) mass is 364 g/mol. The molecule has 0 aromatic rings. The first-order valence-corrected chi connectivity index (χ1v) is 8.97. The van der Waals surface area contributed by atoms with Gasteiger partial charge in [-0.05, 0) is 42.9 Å². The van der Waals surface area contributed by atoms with Crippen molar-refractivity contribution in [3.8, 4) is 0 Å². The summed E-state index contributed by atoms with van der Waals surface area (Å²) in [6.07, 6.45) is 1.63. The quantitative estimate of drug-likeness (QED) is 0.448. The van der Waals surface area contributed by atoms with E-state index >= 15 is 0 Å². The van der Waals surface area contributed by atoms with Crippen molar-refractivity contribution in [1.29, 1.82) is 0 Å². The van der Waals surface area contributed by atoms with Crippen molar-refractivity contribution in [3.63, 3.8) is 0 Å². The fourth-order valence-electron chi connectivity index (χ4n) is 5.21. The van der Waals surface area contributed by atoms with E-state index in [1.54, 1.807) is 26.8 Å². The van der Waals surface area contributed by atoms with Gasteiger partial charge in [0.15, 0.2) is 5.78 Å². The average molecular weight is 364 g/mol. The molecule has 3 aliphatic carbocycles. The van der Waals surface area contributed by atoms with Crippen LogP contribution in [0.4, 0.5) is 0 Å². The van der Waals surface area contributed by atoms with E-state index in [0.717, 1.165) is 0 Å². The average Bonchev–Trinajstić information content (AvgIpc) is 2.73. The van der Waals surface area contributed by atoms with Crippen LogP contribution in [0.5, 0.6) is 0 Å². The highest BCUT2D eigenvalue weighted by molar-refractivity contribution is 6.04. The molecule has 0 unspecified atom stereocenters. The summed E-state index contributed by atoms with van der Waals surface area (Å²) in [6.45, 7) is 8.31. The normalized spacial score (nSPS) is 48.2. The Kier molecular flexibility index (Phi) is 4.37. The lowest BCUT2D eigenvalue weighted by Crippen LogP contribution is -2.68. The van der Waals surface area contributed by atoms with Crippen LogP contribution in [-0.4, -0.2) is 60.8 Å². The second-order valence-electron chi connectivity index (χ2n) is 8.41. The summed E-state index contributed by atoms with van der Waals surface area (Å²) in [5, 5.41) is 54.6. The van der Waals surface area contributed by atoms with Crippen molar-refractivity contribution < 1.29 is 30.3 Å². The van der Waals surface area contributed by atoms with Gasteiger partial charge in [-0.25, -0.2) is 0 Å². The first-order chi connectivity index (χ1) is 11.9. The number of carbonyl (C=O) groups excluding carboxylic acids is 1. The summed E-state index contributed by atoms with van der Waals surface area (Å²) in [5.74, 6) is -2.92. The van der Waals surface area contributed by atoms with Crippen LogP contribution in [-0.2, 0) is 4.79 Å². The number of aliphatic hydroxyl groups excluding tert-OH is 2. The topological polar surface area (TPSA) is 118 Å². The molecule has 144 valence electrons. The van der Waals surface area contributed by atoms with Gasteiger partial charge in [0.2, 0.25) is 0 Å². The Hall–Kier alpha value is -1.31. The molecule has 0 saturated heterocycles. The number of hydrogen-bond donors (Lipinski definition) is 5. The first kappa shape index (κ1) is 19.5. The van der Waals surface area contributed by atoms with Gasteiger partial charge in [0, 0.05) is 18.3 Å². The van der Waals surface area contributed by atoms with Crippen molar-refractivity contribution in [2.75, 3.05) is 6.61 Å². The number of ketones is 1. The molecule has 0 spiro atoms. The van der Waals surface area contributed by atoms with Crippen LogP contribution in [0.2, 0.25) is 0 Å². The summed E-state index contributed by atoms with van der Waals surface area (Å²) >= 11 is 0. The summed E-state index contributed by atoms with van der Waals surface area (Å²) < 4.78 is 0. The van der Waals surface area contributed by atoms with Gasteiger partial charge in [0.25, 0.3) is 0 Å². The molecule has 0 aromatic heterocycles. The molecule has 3 rings (SSSR count). The number of rotatable bonds is 2. The van der Waals surface area contributed by atoms with Gasteiger partial charge in [-0.3, -0.25) is 4.79 Å². The zero-order chi connectivity index (χ0) is 19.7. The Morgan fingerprint density at radius 3 is 2.46 bits per heavy atom. The molecule has 7 atom stereocenters. The van der Waals surface area contributed by atoms with E-state index in [-0.39, 0.29) is 12.8 Å². The Labute approximate surface area is 153 Å². The minimum Gasteiger partial charge on any atom is -0.392 e. The Balaban J connectivity index is 2.23. The van der Waals surface area contributed by atoms with Gasteiger partial charge in [0.05, 0.1) is 18.3 Å². The summed E-state index contributed by atoms with van der Waals surface area (Å²) in [5.41, 5.74) is -4.03. The largest absolute Gasteiger partial charge is 0.392 e. The van der Waals surface area contributed by atoms with Gasteiger partial charge in [0.1, 0.15) is 11.2 Å². The summed E-state index contributed by atoms with van der Waals surface area (Å²) in [6, 6.07) is 0. The molecule has 0 amide bonds. The molecule has 1 fully saturated rings. The van der Waals surface area contributed by atoms with Crippen LogP contribution < -0.4 is 0 Å². The number of Topliss-reactive ketones (excluding diaryl/α,β-unsaturated/α-hetero) is 1. The molecular weight excluding hydrogens is 336 g/mol. The van der Waals surface area contributed by atoms with Crippen LogP contribution in [0.3, 0.4) is 0 Å². The van der Waals surface area contributed by atoms with Crippen LogP contribution in [0.25, 0.3) is 0 Å². The predicted molar refractivity (Wildman–Crippen MR) is 95.0 cm³/mol. The zero-order valence-electron chi connectivity index (χ0n) is 15.4. The van der Waals surface area contributed by atoms with E-state index < -0.39 is 53.1 Å². The molecule has 1 saturated carbocycles. The molecule has 0 radical (unpaired) electrons. The molecule has 0 aromatic carbocycles. The van der Waals surface area contributed by atoms with Gasteiger partial charge in [-0.15, -0.1) is 0 Å². The highest BCUT2D eigenvalue weighted by Gasteiger charge is 2.67. The second kappa shape index (κ2) is 5.84. The second-order valence-corrected chi connectivity index (χ2v) is 8.41. The van der Waals surface area contributed by atoms with E-state index in [0.29, 0.717) is 16.7 Å². The summed E-state index contributed by atoms with van der Waals surface area (Å²) in [4.78, 5) is 12.7. The van der Waals surface area contributed by atoms with Gasteiger partial charge in [-0.2, -0.15) is 0 Å². The minimum atomic E-state index is -1.87. The van der Waals surface area contributed by atoms with Gasteiger partial charge >= 0.3 is 0 Å². The highest BCUT2D eigenvalue weighted by atomic mass is 16.4. The number of carbonyl (C=O) groups is 1. The van der Waals surface area contributed by atoms with E-state index in [1.807, 2.05) is 0 Å². The molecule has 0 heterocycles. The predicted octanol–water partition coefficient (Wildman–Crippen LogP) is 0.240. The van der Waals surface area contributed by atoms with E-state index in [1.165, 1.54) is 6.08 Å².